The normalized spacial score (nSPS) is 14.1. The Hall–Kier alpha value is -4.53. The van der Waals surface area contributed by atoms with Crippen LogP contribution in [0.3, 0.4) is 0 Å². The monoisotopic (exact) mass is 464 g/mol. The lowest BCUT2D eigenvalue weighted by Gasteiger charge is -2.33. The molecule has 1 fully saturated rings. The number of pyridine rings is 1. The number of aryl methyl sites for hydroxylation is 1. The van der Waals surface area contributed by atoms with Crippen molar-refractivity contribution in [2.75, 3.05) is 29.4 Å². The van der Waals surface area contributed by atoms with E-state index >= 15 is 0 Å². The minimum Gasteiger partial charge on any atom is -0.357 e. The minimum atomic E-state index is -0.0293. The summed E-state index contributed by atoms with van der Waals surface area (Å²) in [4.78, 5) is 25.7. The largest absolute Gasteiger partial charge is 0.357 e. The molecule has 0 radical (unpaired) electrons. The first kappa shape index (κ1) is 21.0. The first-order valence-corrected chi connectivity index (χ1v) is 11.5. The molecule has 0 spiro atoms. The van der Waals surface area contributed by atoms with Gasteiger partial charge in [-0.3, -0.25) is 14.4 Å². The van der Waals surface area contributed by atoms with Crippen molar-refractivity contribution in [2.24, 2.45) is 7.05 Å². The Morgan fingerprint density at radius 3 is 2.40 bits per heavy atom. The average molecular weight is 465 g/mol. The molecule has 0 aliphatic carbocycles. The zero-order valence-electron chi connectivity index (χ0n) is 19.3. The maximum Gasteiger partial charge on any atom is 0.248 e. The molecule has 9 nitrogen and oxygen atoms in total. The summed E-state index contributed by atoms with van der Waals surface area (Å²) in [5.41, 5.74) is 6.19. The van der Waals surface area contributed by atoms with E-state index in [0.717, 1.165) is 34.3 Å². The third-order valence-corrected chi connectivity index (χ3v) is 6.28. The summed E-state index contributed by atoms with van der Waals surface area (Å²) < 4.78 is 3.63. The van der Waals surface area contributed by atoms with Gasteiger partial charge in [-0.15, -0.1) is 0 Å². The van der Waals surface area contributed by atoms with Gasteiger partial charge in [-0.1, -0.05) is 36.4 Å². The molecule has 1 saturated heterocycles. The number of piperazine rings is 1. The van der Waals surface area contributed by atoms with E-state index in [1.54, 1.807) is 22.0 Å². The molecule has 35 heavy (non-hydrogen) atoms. The molecule has 5 heterocycles. The van der Waals surface area contributed by atoms with Gasteiger partial charge in [-0.25, -0.2) is 14.5 Å². The molecule has 1 aliphatic rings. The molecule has 0 atom stereocenters. The van der Waals surface area contributed by atoms with Crippen LogP contribution in [0.1, 0.15) is 11.1 Å². The van der Waals surface area contributed by atoms with E-state index in [2.05, 4.69) is 43.3 Å². The van der Waals surface area contributed by atoms with Gasteiger partial charge in [0.25, 0.3) is 0 Å². The van der Waals surface area contributed by atoms with Gasteiger partial charge < -0.3 is 4.90 Å². The van der Waals surface area contributed by atoms with E-state index < -0.39 is 0 Å². The highest BCUT2D eigenvalue weighted by atomic mass is 16.2. The van der Waals surface area contributed by atoms with Crippen LogP contribution in [-0.4, -0.2) is 54.9 Å². The van der Waals surface area contributed by atoms with E-state index in [0.29, 0.717) is 19.0 Å². The number of carbonyl (C=O) groups excluding carboxylic acids is 1. The number of carbonyl (C=O) groups is 1. The summed E-state index contributed by atoms with van der Waals surface area (Å²) in [5, 5.41) is 8.77. The molecule has 5 aromatic rings. The number of amides is 1. The van der Waals surface area contributed by atoms with Crippen molar-refractivity contribution >= 4 is 23.1 Å². The van der Waals surface area contributed by atoms with Crippen molar-refractivity contribution in [1.82, 2.24) is 29.4 Å². The first-order chi connectivity index (χ1) is 17.1. The standard InChI is InChI=1S/C26H24N8O/c1-31-16-22(14-29-31)21-7-8-23-24(15-30-34(23)17-21)32-9-10-33(25(35)18-32)26-27-12-20(13-28-26)11-19-5-3-2-4-6-19/h2-8,12-17H,9-11,18H2,1H3. The predicted molar refractivity (Wildman–Crippen MR) is 133 cm³/mol. The fourth-order valence-corrected chi connectivity index (χ4v) is 4.46. The van der Waals surface area contributed by atoms with Crippen LogP contribution in [0.5, 0.6) is 0 Å². The molecule has 9 heteroatoms. The second kappa shape index (κ2) is 8.68. The fourth-order valence-electron chi connectivity index (χ4n) is 4.46. The third kappa shape index (κ3) is 4.12. The molecular weight excluding hydrogens is 440 g/mol. The summed E-state index contributed by atoms with van der Waals surface area (Å²) in [7, 11) is 1.90. The lowest BCUT2D eigenvalue weighted by Crippen LogP contribution is -2.51. The molecule has 1 aromatic carbocycles. The van der Waals surface area contributed by atoms with Crippen LogP contribution in [0.2, 0.25) is 0 Å². The van der Waals surface area contributed by atoms with Crippen molar-refractivity contribution in [2.45, 2.75) is 6.42 Å². The van der Waals surface area contributed by atoms with Crippen molar-refractivity contribution in [3.63, 3.8) is 0 Å². The molecular formula is C26H24N8O. The van der Waals surface area contributed by atoms with Gasteiger partial charge >= 0.3 is 0 Å². The molecule has 1 aliphatic heterocycles. The van der Waals surface area contributed by atoms with Gasteiger partial charge in [-0.05, 0) is 17.2 Å². The van der Waals surface area contributed by atoms with E-state index in [1.807, 2.05) is 60.6 Å². The quantitative estimate of drug-likeness (QED) is 0.398. The van der Waals surface area contributed by atoms with Crippen molar-refractivity contribution < 1.29 is 4.79 Å². The lowest BCUT2D eigenvalue weighted by atomic mass is 10.1. The molecule has 174 valence electrons. The zero-order valence-corrected chi connectivity index (χ0v) is 19.3. The third-order valence-electron chi connectivity index (χ3n) is 6.28. The average Bonchev–Trinajstić information content (AvgIpc) is 3.51. The van der Waals surface area contributed by atoms with Crippen LogP contribution in [0.25, 0.3) is 16.6 Å². The zero-order chi connectivity index (χ0) is 23.8. The van der Waals surface area contributed by atoms with Crippen LogP contribution in [0.15, 0.2) is 79.6 Å². The Labute approximate surface area is 202 Å². The maximum atomic E-state index is 13.0. The number of anilines is 2. The van der Waals surface area contributed by atoms with Gasteiger partial charge in [0.1, 0.15) is 0 Å². The van der Waals surface area contributed by atoms with Gasteiger partial charge in [0, 0.05) is 62.5 Å². The molecule has 0 bridgehead atoms. The van der Waals surface area contributed by atoms with Crippen molar-refractivity contribution in [3.05, 3.63) is 90.8 Å². The highest BCUT2D eigenvalue weighted by Gasteiger charge is 2.28. The summed E-state index contributed by atoms with van der Waals surface area (Å²) in [6.07, 6.45) is 12.0. The van der Waals surface area contributed by atoms with Gasteiger partial charge in [0.2, 0.25) is 11.9 Å². The molecule has 0 unspecified atom stereocenters. The highest BCUT2D eigenvalue weighted by Crippen LogP contribution is 2.27. The topological polar surface area (TPSA) is 84.5 Å². The summed E-state index contributed by atoms with van der Waals surface area (Å²) in [6.45, 7) is 1.44. The number of rotatable bonds is 5. The fraction of sp³-hybridized carbons (Fsp3) is 0.192. The first-order valence-electron chi connectivity index (χ1n) is 11.5. The Kier molecular flexibility index (Phi) is 5.21. The van der Waals surface area contributed by atoms with Crippen LogP contribution in [0.4, 0.5) is 11.6 Å². The number of nitrogens with zero attached hydrogens (tertiary/aromatic N) is 8. The van der Waals surface area contributed by atoms with Gasteiger partial charge in [0.05, 0.1) is 30.1 Å². The molecule has 0 saturated carbocycles. The summed E-state index contributed by atoms with van der Waals surface area (Å²) in [6, 6.07) is 14.3. The Balaban J connectivity index is 1.16. The van der Waals surface area contributed by atoms with Crippen molar-refractivity contribution in [1.29, 1.82) is 0 Å². The van der Waals surface area contributed by atoms with Crippen LogP contribution >= 0.6 is 0 Å². The number of benzene rings is 1. The SMILES string of the molecule is Cn1cc(-c2ccc3c(N4CCN(c5ncc(Cc6ccccc6)cn5)C(=O)C4)cnn3c2)cn1. The molecule has 6 rings (SSSR count). The molecule has 1 amide bonds. The van der Waals surface area contributed by atoms with E-state index in [-0.39, 0.29) is 12.5 Å². The summed E-state index contributed by atoms with van der Waals surface area (Å²) in [5.74, 6) is 0.422. The predicted octanol–water partition coefficient (Wildman–Crippen LogP) is 2.97. The Morgan fingerprint density at radius 2 is 1.66 bits per heavy atom. The van der Waals surface area contributed by atoms with E-state index in [9.17, 15) is 4.79 Å². The van der Waals surface area contributed by atoms with Gasteiger partial charge in [-0.2, -0.15) is 10.2 Å². The van der Waals surface area contributed by atoms with Crippen molar-refractivity contribution in [3.8, 4) is 11.1 Å². The highest BCUT2D eigenvalue weighted by molar-refractivity contribution is 5.97. The number of fused-ring (bicyclic) bond motifs is 1. The molecule has 0 N–H and O–H groups in total. The van der Waals surface area contributed by atoms with E-state index in [4.69, 9.17) is 0 Å². The van der Waals surface area contributed by atoms with E-state index in [1.165, 1.54) is 5.56 Å². The number of hydrogen-bond donors (Lipinski definition) is 0. The van der Waals surface area contributed by atoms with Crippen LogP contribution in [-0.2, 0) is 18.3 Å². The van der Waals surface area contributed by atoms with Crippen LogP contribution in [0, 0.1) is 0 Å². The van der Waals surface area contributed by atoms with Gasteiger partial charge in [0.15, 0.2) is 0 Å². The van der Waals surface area contributed by atoms with Crippen LogP contribution < -0.4 is 9.80 Å². The number of hydrogen-bond acceptors (Lipinski definition) is 6. The second-order valence-corrected chi connectivity index (χ2v) is 8.70. The lowest BCUT2D eigenvalue weighted by molar-refractivity contribution is -0.118. The Morgan fingerprint density at radius 1 is 0.829 bits per heavy atom. The minimum absolute atomic E-state index is 0.0293. The second-order valence-electron chi connectivity index (χ2n) is 8.70. The maximum absolute atomic E-state index is 13.0. The Bertz CT molecular complexity index is 1490. The smallest absolute Gasteiger partial charge is 0.248 e. The number of aromatic nitrogens is 6. The summed E-state index contributed by atoms with van der Waals surface area (Å²) >= 11 is 0. The molecule has 4 aromatic heterocycles.